The molecule has 0 amide bonds. The van der Waals surface area contributed by atoms with E-state index in [1.54, 1.807) is 0 Å². The summed E-state index contributed by atoms with van der Waals surface area (Å²) >= 11 is 0. The summed E-state index contributed by atoms with van der Waals surface area (Å²) in [4.78, 5) is 10.9. The number of carbonyl (C=O) groups excluding carboxylic acids is 1. The number of carbonyl (C=O) groups is 1. The van der Waals surface area contributed by atoms with Crippen molar-refractivity contribution >= 4 is 6.29 Å². The summed E-state index contributed by atoms with van der Waals surface area (Å²) < 4.78 is 0. The van der Waals surface area contributed by atoms with Crippen molar-refractivity contribution < 1.29 is 9.90 Å². The first-order valence-electron chi connectivity index (χ1n) is 6.84. The Morgan fingerprint density at radius 3 is 2.76 bits per heavy atom. The lowest BCUT2D eigenvalue weighted by Crippen LogP contribution is -2.48. The van der Waals surface area contributed by atoms with E-state index in [1.165, 1.54) is 0 Å². The zero-order valence-corrected chi connectivity index (χ0v) is 11.1. The van der Waals surface area contributed by atoms with Gasteiger partial charge in [0, 0.05) is 0 Å². The van der Waals surface area contributed by atoms with E-state index in [4.69, 9.17) is 0 Å². The van der Waals surface area contributed by atoms with Crippen LogP contribution < -0.4 is 0 Å². The molecule has 0 aromatic carbocycles. The monoisotopic (exact) mass is 236 g/mol. The summed E-state index contributed by atoms with van der Waals surface area (Å²) in [7, 11) is 0. The van der Waals surface area contributed by atoms with Crippen molar-refractivity contribution in [3.05, 3.63) is 11.6 Å². The predicted octanol–water partition coefficient (Wildman–Crippen LogP) is 2.95. The zero-order chi connectivity index (χ0) is 12.6. The van der Waals surface area contributed by atoms with Crippen molar-refractivity contribution in [3.63, 3.8) is 0 Å². The van der Waals surface area contributed by atoms with Gasteiger partial charge in [-0.25, -0.2) is 0 Å². The zero-order valence-electron chi connectivity index (χ0n) is 11.1. The standard InChI is InChI=1S/C15H24O2/c1-10(2)12-6-7-15(3,17)14-5-4-11(9-16)8-13(12)14/h8-10,12-14,17H,4-7H2,1-3H3/t12-,13-,14-,15-/m0/s1. The minimum Gasteiger partial charge on any atom is -0.390 e. The molecule has 0 spiro atoms. The molecule has 0 saturated heterocycles. The van der Waals surface area contributed by atoms with E-state index in [-0.39, 0.29) is 0 Å². The van der Waals surface area contributed by atoms with Crippen LogP contribution in [0.4, 0.5) is 0 Å². The van der Waals surface area contributed by atoms with E-state index < -0.39 is 5.60 Å². The van der Waals surface area contributed by atoms with E-state index in [9.17, 15) is 9.90 Å². The molecule has 2 rings (SSSR count). The van der Waals surface area contributed by atoms with Gasteiger partial charge in [0.2, 0.25) is 0 Å². The Kier molecular flexibility index (Phi) is 3.44. The minimum atomic E-state index is -0.541. The number of hydrogen-bond donors (Lipinski definition) is 1. The summed E-state index contributed by atoms with van der Waals surface area (Å²) in [5.74, 6) is 1.98. The highest BCUT2D eigenvalue weighted by atomic mass is 16.3. The Bertz CT molecular complexity index is 328. The summed E-state index contributed by atoms with van der Waals surface area (Å²) in [6.07, 6.45) is 6.93. The lowest BCUT2D eigenvalue weighted by atomic mass is 9.58. The van der Waals surface area contributed by atoms with Crippen LogP contribution in [0.25, 0.3) is 0 Å². The van der Waals surface area contributed by atoms with E-state index in [2.05, 4.69) is 19.9 Å². The largest absolute Gasteiger partial charge is 0.390 e. The van der Waals surface area contributed by atoms with Gasteiger partial charge >= 0.3 is 0 Å². The molecule has 0 aromatic heterocycles. The van der Waals surface area contributed by atoms with Gasteiger partial charge in [-0.1, -0.05) is 19.9 Å². The van der Waals surface area contributed by atoms with Gasteiger partial charge in [0.1, 0.15) is 6.29 Å². The van der Waals surface area contributed by atoms with Crippen molar-refractivity contribution in [3.8, 4) is 0 Å². The average Bonchev–Trinajstić information content (AvgIpc) is 2.27. The van der Waals surface area contributed by atoms with Crippen molar-refractivity contribution in [1.82, 2.24) is 0 Å². The number of hydrogen-bond acceptors (Lipinski definition) is 2. The van der Waals surface area contributed by atoms with Crippen LogP contribution in [0.15, 0.2) is 11.6 Å². The third-order valence-electron chi connectivity index (χ3n) is 4.90. The molecule has 2 aliphatic rings. The highest BCUT2D eigenvalue weighted by Crippen LogP contribution is 2.49. The molecular weight excluding hydrogens is 212 g/mol. The van der Waals surface area contributed by atoms with E-state index >= 15 is 0 Å². The van der Waals surface area contributed by atoms with Crippen molar-refractivity contribution in [2.45, 2.75) is 52.1 Å². The van der Waals surface area contributed by atoms with Crippen LogP contribution in [0.2, 0.25) is 0 Å². The summed E-state index contributed by atoms with van der Waals surface area (Å²) in [5, 5.41) is 10.5. The van der Waals surface area contributed by atoms with Gasteiger partial charge in [-0.2, -0.15) is 0 Å². The second kappa shape index (κ2) is 4.56. The molecule has 0 radical (unpaired) electrons. The fourth-order valence-electron chi connectivity index (χ4n) is 3.82. The quantitative estimate of drug-likeness (QED) is 0.748. The third kappa shape index (κ3) is 2.33. The van der Waals surface area contributed by atoms with Crippen LogP contribution in [-0.4, -0.2) is 17.0 Å². The first-order valence-corrected chi connectivity index (χ1v) is 6.84. The van der Waals surface area contributed by atoms with Gasteiger partial charge < -0.3 is 5.11 Å². The maximum absolute atomic E-state index is 10.9. The van der Waals surface area contributed by atoms with E-state index in [0.717, 1.165) is 37.5 Å². The van der Waals surface area contributed by atoms with Crippen LogP contribution in [0.5, 0.6) is 0 Å². The molecule has 0 unspecified atom stereocenters. The summed E-state index contributed by atoms with van der Waals surface area (Å²) in [6.45, 7) is 6.48. The first-order chi connectivity index (χ1) is 7.95. The summed E-state index contributed by atoms with van der Waals surface area (Å²) in [5.41, 5.74) is 0.399. The fourth-order valence-corrected chi connectivity index (χ4v) is 3.82. The Hall–Kier alpha value is -0.630. The van der Waals surface area contributed by atoms with Crippen LogP contribution in [0, 0.1) is 23.7 Å². The van der Waals surface area contributed by atoms with E-state index in [0.29, 0.717) is 23.7 Å². The number of aldehydes is 1. The molecular formula is C15H24O2. The number of aliphatic hydroxyl groups is 1. The molecule has 0 bridgehead atoms. The molecule has 1 fully saturated rings. The molecule has 0 aromatic rings. The molecule has 96 valence electrons. The van der Waals surface area contributed by atoms with Gasteiger partial charge in [-0.3, -0.25) is 4.79 Å². The van der Waals surface area contributed by atoms with Gasteiger partial charge in [0.25, 0.3) is 0 Å². The smallest absolute Gasteiger partial charge is 0.145 e. The second-order valence-electron chi connectivity index (χ2n) is 6.39. The molecule has 17 heavy (non-hydrogen) atoms. The first kappa shape index (κ1) is 12.8. The van der Waals surface area contributed by atoms with Gasteiger partial charge in [-0.05, 0) is 61.9 Å². The average molecular weight is 236 g/mol. The van der Waals surface area contributed by atoms with Crippen LogP contribution in [-0.2, 0) is 4.79 Å². The van der Waals surface area contributed by atoms with Crippen LogP contribution in [0.1, 0.15) is 46.5 Å². The van der Waals surface area contributed by atoms with Gasteiger partial charge in [-0.15, -0.1) is 0 Å². The van der Waals surface area contributed by atoms with Crippen molar-refractivity contribution in [2.24, 2.45) is 23.7 Å². The Balaban J connectivity index is 2.30. The normalized spacial score (nSPS) is 41.9. The second-order valence-corrected chi connectivity index (χ2v) is 6.39. The lowest BCUT2D eigenvalue weighted by Gasteiger charge is -2.49. The maximum atomic E-state index is 10.9. The Labute approximate surface area is 104 Å². The number of fused-ring (bicyclic) bond motifs is 1. The topological polar surface area (TPSA) is 37.3 Å². The lowest BCUT2D eigenvalue weighted by molar-refractivity contribution is -0.106. The van der Waals surface area contributed by atoms with Crippen LogP contribution in [0.3, 0.4) is 0 Å². The Morgan fingerprint density at radius 2 is 2.18 bits per heavy atom. The third-order valence-corrected chi connectivity index (χ3v) is 4.90. The molecule has 1 N–H and O–H groups in total. The maximum Gasteiger partial charge on any atom is 0.145 e. The highest BCUT2D eigenvalue weighted by molar-refractivity contribution is 5.73. The molecule has 0 heterocycles. The van der Waals surface area contributed by atoms with E-state index in [1.807, 2.05) is 6.92 Å². The number of allylic oxidation sites excluding steroid dienone is 2. The SMILES string of the molecule is CC(C)[C@@H]1CC[C@](C)(O)[C@H]2CCC(C=O)=C[C@@H]12. The number of rotatable bonds is 2. The molecule has 4 atom stereocenters. The highest BCUT2D eigenvalue weighted by Gasteiger charge is 2.46. The fraction of sp³-hybridized carbons (Fsp3) is 0.800. The van der Waals surface area contributed by atoms with Crippen molar-refractivity contribution in [2.75, 3.05) is 0 Å². The van der Waals surface area contributed by atoms with Gasteiger partial charge in [0.05, 0.1) is 5.60 Å². The molecule has 1 saturated carbocycles. The molecule has 2 nitrogen and oxygen atoms in total. The van der Waals surface area contributed by atoms with Gasteiger partial charge in [0.15, 0.2) is 0 Å². The summed E-state index contributed by atoms with van der Waals surface area (Å²) in [6, 6.07) is 0. The minimum absolute atomic E-state index is 0.340. The van der Waals surface area contributed by atoms with Crippen molar-refractivity contribution in [1.29, 1.82) is 0 Å². The molecule has 2 aliphatic carbocycles. The predicted molar refractivity (Wildman–Crippen MR) is 68.5 cm³/mol. The molecule has 0 aliphatic heterocycles. The Morgan fingerprint density at radius 1 is 1.47 bits per heavy atom. The molecule has 2 heteroatoms. The van der Waals surface area contributed by atoms with Crippen LogP contribution >= 0.6 is 0 Å².